The lowest BCUT2D eigenvalue weighted by Crippen LogP contribution is -2.28. The van der Waals surface area contributed by atoms with Crippen LogP contribution in [0.3, 0.4) is 0 Å². The molecular formula is C27H25ClN4O3. The summed E-state index contributed by atoms with van der Waals surface area (Å²) < 4.78 is 5.05. The Morgan fingerprint density at radius 2 is 1.77 bits per heavy atom. The van der Waals surface area contributed by atoms with Crippen molar-refractivity contribution in [3.8, 4) is 0 Å². The maximum atomic E-state index is 13.1. The van der Waals surface area contributed by atoms with Gasteiger partial charge in [-0.3, -0.25) is 9.69 Å². The van der Waals surface area contributed by atoms with Gasteiger partial charge < -0.3 is 21.1 Å². The Kier molecular flexibility index (Phi) is 5.75. The highest BCUT2D eigenvalue weighted by molar-refractivity contribution is 6.38. The van der Waals surface area contributed by atoms with Crippen LogP contribution in [0.2, 0.25) is 5.02 Å². The van der Waals surface area contributed by atoms with Gasteiger partial charge in [-0.15, -0.1) is 0 Å². The molecule has 0 unspecified atom stereocenters. The molecule has 35 heavy (non-hydrogen) atoms. The predicted molar refractivity (Wildman–Crippen MR) is 139 cm³/mol. The molecule has 0 aromatic heterocycles. The zero-order valence-corrected chi connectivity index (χ0v) is 20.1. The van der Waals surface area contributed by atoms with Crippen molar-refractivity contribution >= 4 is 51.9 Å². The van der Waals surface area contributed by atoms with E-state index in [-0.39, 0.29) is 12.0 Å². The number of anilines is 3. The number of nitrogens with two attached hydrogens (primary N) is 1. The summed E-state index contributed by atoms with van der Waals surface area (Å²) in [4.78, 5) is 26.7. The van der Waals surface area contributed by atoms with E-state index in [0.717, 1.165) is 28.1 Å². The molecule has 1 saturated heterocycles. The summed E-state index contributed by atoms with van der Waals surface area (Å²) in [5.41, 5.74) is 11.7. The van der Waals surface area contributed by atoms with E-state index in [4.69, 9.17) is 22.1 Å². The molecule has 8 heteroatoms. The first-order chi connectivity index (χ1) is 16.7. The van der Waals surface area contributed by atoms with E-state index in [2.05, 4.69) is 10.6 Å². The third kappa shape index (κ3) is 4.48. The van der Waals surface area contributed by atoms with E-state index < -0.39 is 5.54 Å². The fraction of sp³-hybridized carbons (Fsp3) is 0.185. The number of carbonyl (C=O) groups is 2. The fourth-order valence-corrected chi connectivity index (χ4v) is 4.41. The van der Waals surface area contributed by atoms with Crippen LogP contribution in [-0.4, -0.2) is 25.2 Å². The third-order valence-electron chi connectivity index (χ3n) is 6.10. The lowest BCUT2D eigenvalue weighted by Gasteiger charge is -2.20. The van der Waals surface area contributed by atoms with E-state index in [9.17, 15) is 9.59 Å². The van der Waals surface area contributed by atoms with E-state index >= 15 is 0 Å². The van der Waals surface area contributed by atoms with Crippen molar-refractivity contribution in [2.75, 3.05) is 28.7 Å². The Morgan fingerprint density at radius 1 is 1.06 bits per heavy atom. The highest BCUT2D eigenvalue weighted by Crippen LogP contribution is 2.39. The second-order valence-corrected chi connectivity index (χ2v) is 9.57. The van der Waals surface area contributed by atoms with Gasteiger partial charge in [-0.2, -0.15) is 0 Å². The molecule has 178 valence electrons. The van der Waals surface area contributed by atoms with Crippen molar-refractivity contribution in [2.45, 2.75) is 19.4 Å². The average molecular weight is 489 g/mol. The van der Waals surface area contributed by atoms with Crippen molar-refractivity contribution in [2.24, 2.45) is 5.73 Å². The van der Waals surface area contributed by atoms with Gasteiger partial charge in [0.1, 0.15) is 6.61 Å². The minimum Gasteiger partial charge on any atom is -0.447 e. The highest BCUT2D eigenvalue weighted by atomic mass is 35.5. The number of ether oxygens (including phenoxy) is 1. The van der Waals surface area contributed by atoms with Crippen LogP contribution in [0.4, 0.5) is 21.9 Å². The number of nitrogens with one attached hydrogen (secondary N) is 2. The number of rotatable bonds is 5. The number of fused-ring (bicyclic) bond motifs is 1. The van der Waals surface area contributed by atoms with Crippen LogP contribution in [0.1, 0.15) is 30.5 Å². The van der Waals surface area contributed by atoms with Gasteiger partial charge in [-0.1, -0.05) is 41.9 Å². The zero-order valence-electron chi connectivity index (χ0n) is 19.4. The second kappa shape index (κ2) is 8.76. The first kappa shape index (κ1) is 23.0. The standard InChI is InChI=1S/C27H25ClN4O3/c1-27(2,29)17-5-8-19(9-6-17)30-24(23-21-12-7-18(28)15-22(21)31-25(23)33)16-3-10-20(11-4-16)32-13-14-35-26(32)34/h3-12,15,30H,13-14,29H2,1-2H3,(H,31,33)/b24-23-. The van der Waals surface area contributed by atoms with Crippen LogP contribution in [0.25, 0.3) is 11.3 Å². The Balaban J connectivity index is 1.58. The highest BCUT2D eigenvalue weighted by Gasteiger charge is 2.29. The van der Waals surface area contributed by atoms with E-state index in [1.165, 1.54) is 0 Å². The third-order valence-corrected chi connectivity index (χ3v) is 6.34. The van der Waals surface area contributed by atoms with Crippen LogP contribution in [0, 0.1) is 0 Å². The monoisotopic (exact) mass is 488 g/mol. The van der Waals surface area contributed by atoms with Crippen molar-refractivity contribution in [3.05, 3.63) is 88.4 Å². The van der Waals surface area contributed by atoms with Gasteiger partial charge in [0.05, 0.1) is 23.5 Å². The van der Waals surface area contributed by atoms with Gasteiger partial charge in [0.2, 0.25) is 0 Å². The maximum Gasteiger partial charge on any atom is 0.414 e. The van der Waals surface area contributed by atoms with Gasteiger partial charge in [0.25, 0.3) is 5.91 Å². The van der Waals surface area contributed by atoms with Crippen LogP contribution < -0.4 is 21.3 Å². The molecule has 0 bridgehead atoms. The minimum absolute atomic E-state index is 0.225. The zero-order chi connectivity index (χ0) is 24.7. The predicted octanol–water partition coefficient (Wildman–Crippen LogP) is 5.42. The van der Waals surface area contributed by atoms with Crippen LogP contribution in [0.15, 0.2) is 66.7 Å². The summed E-state index contributed by atoms with van der Waals surface area (Å²) in [5, 5.41) is 6.89. The number of nitrogens with zero attached hydrogens (tertiary/aromatic N) is 1. The van der Waals surface area contributed by atoms with Crippen LogP contribution in [-0.2, 0) is 15.1 Å². The summed E-state index contributed by atoms with van der Waals surface area (Å²) in [5.74, 6) is -0.225. The van der Waals surface area contributed by atoms with E-state index in [1.54, 1.807) is 17.0 Å². The fourth-order valence-electron chi connectivity index (χ4n) is 4.24. The van der Waals surface area contributed by atoms with Gasteiger partial charge in [0.15, 0.2) is 0 Å². The minimum atomic E-state index is -0.462. The molecule has 2 heterocycles. The molecule has 2 amide bonds. The van der Waals surface area contributed by atoms with Gasteiger partial charge in [-0.05, 0) is 61.4 Å². The molecule has 7 nitrogen and oxygen atoms in total. The lowest BCUT2D eigenvalue weighted by molar-refractivity contribution is -0.110. The van der Waals surface area contributed by atoms with Gasteiger partial charge in [-0.25, -0.2) is 4.79 Å². The SMILES string of the molecule is CC(C)(N)c1ccc(N/C(=C2\C(=O)Nc3cc(Cl)ccc32)c2ccc(N3CCOC3=O)cc2)cc1. The molecule has 0 aliphatic carbocycles. The molecule has 5 rings (SSSR count). The second-order valence-electron chi connectivity index (χ2n) is 9.13. The lowest BCUT2D eigenvalue weighted by atomic mass is 9.95. The van der Waals surface area contributed by atoms with E-state index in [1.807, 2.05) is 68.4 Å². The summed E-state index contributed by atoms with van der Waals surface area (Å²) in [6.07, 6.45) is -0.363. The number of halogens is 1. The van der Waals surface area contributed by atoms with Crippen molar-refractivity contribution < 1.29 is 14.3 Å². The maximum absolute atomic E-state index is 13.1. The average Bonchev–Trinajstić information content (AvgIpc) is 3.39. The van der Waals surface area contributed by atoms with Gasteiger partial charge in [0, 0.05) is 27.5 Å². The van der Waals surface area contributed by atoms with Crippen molar-refractivity contribution in [1.29, 1.82) is 0 Å². The summed E-state index contributed by atoms with van der Waals surface area (Å²) >= 11 is 6.15. The van der Waals surface area contributed by atoms with Crippen molar-refractivity contribution in [1.82, 2.24) is 0 Å². The molecule has 0 atom stereocenters. The molecule has 0 saturated carbocycles. The Morgan fingerprint density at radius 3 is 2.40 bits per heavy atom. The van der Waals surface area contributed by atoms with Crippen LogP contribution in [0.5, 0.6) is 0 Å². The normalized spacial score (nSPS) is 16.6. The van der Waals surface area contributed by atoms with E-state index in [0.29, 0.717) is 35.1 Å². The number of cyclic esters (lactones) is 1. The molecule has 3 aromatic rings. The Bertz CT molecular complexity index is 1340. The molecule has 2 aliphatic rings. The molecule has 0 spiro atoms. The summed E-state index contributed by atoms with van der Waals surface area (Å²) in [6.45, 7) is 4.77. The Hall–Kier alpha value is -3.81. The van der Waals surface area contributed by atoms with Crippen molar-refractivity contribution in [3.63, 3.8) is 0 Å². The first-order valence-corrected chi connectivity index (χ1v) is 11.7. The molecule has 2 aliphatic heterocycles. The largest absolute Gasteiger partial charge is 0.447 e. The Labute approximate surface area is 208 Å². The number of hydrogen-bond acceptors (Lipinski definition) is 5. The molecule has 1 fully saturated rings. The topological polar surface area (TPSA) is 96.7 Å². The summed E-state index contributed by atoms with van der Waals surface area (Å²) in [6, 6.07) is 20.6. The number of carbonyl (C=O) groups excluding carboxylic acids is 2. The molecule has 4 N–H and O–H groups in total. The summed E-state index contributed by atoms with van der Waals surface area (Å²) in [7, 11) is 0. The molecular weight excluding hydrogens is 464 g/mol. The first-order valence-electron chi connectivity index (χ1n) is 11.3. The smallest absolute Gasteiger partial charge is 0.414 e. The number of benzene rings is 3. The van der Waals surface area contributed by atoms with Crippen LogP contribution >= 0.6 is 11.6 Å². The molecule has 3 aromatic carbocycles. The number of hydrogen-bond donors (Lipinski definition) is 3. The molecule has 0 radical (unpaired) electrons. The quantitative estimate of drug-likeness (QED) is 0.416. The van der Waals surface area contributed by atoms with Gasteiger partial charge >= 0.3 is 6.09 Å². The number of amides is 2.